The van der Waals surface area contributed by atoms with Gasteiger partial charge in [-0.2, -0.15) is 0 Å². The minimum Gasteiger partial charge on any atom is -0.383 e. The Balaban J connectivity index is 3.91. The van der Waals surface area contributed by atoms with E-state index in [0.717, 1.165) is 0 Å². The van der Waals surface area contributed by atoms with Crippen molar-refractivity contribution in [2.45, 2.75) is 13.8 Å². The van der Waals surface area contributed by atoms with Crippen LogP contribution in [-0.2, 0) is 14.3 Å². The molecule has 0 fully saturated rings. The molecule has 0 spiro atoms. The summed E-state index contributed by atoms with van der Waals surface area (Å²) in [5.41, 5.74) is 0. The molecule has 0 unspecified atom stereocenters. The van der Waals surface area contributed by atoms with Crippen LogP contribution in [0.1, 0.15) is 13.8 Å². The second-order valence-electron chi connectivity index (χ2n) is 2.73. The van der Waals surface area contributed by atoms with Crippen molar-refractivity contribution in [1.82, 2.24) is 10.2 Å². The maximum atomic E-state index is 11.4. The van der Waals surface area contributed by atoms with Gasteiger partial charge in [-0.3, -0.25) is 9.59 Å². The third-order valence-electron chi connectivity index (χ3n) is 1.84. The monoisotopic (exact) mass is 202 g/mol. The fraction of sp³-hybridized carbons (Fsp3) is 0.778. The highest BCUT2D eigenvalue weighted by Crippen LogP contribution is 1.88. The van der Waals surface area contributed by atoms with Crippen LogP contribution in [0, 0.1) is 0 Å². The molecule has 0 saturated heterocycles. The fourth-order valence-electron chi connectivity index (χ4n) is 0.997. The van der Waals surface area contributed by atoms with Crippen molar-refractivity contribution in [3.05, 3.63) is 0 Å². The standard InChI is InChI=1S/C9H18N2O3/c1-4-11(5-2)9(13)8(12)10-6-7-14-3/h4-7H2,1-3H3,(H,10,12). The van der Waals surface area contributed by atoms with E-state index in [0.29, 0.717) is 26.2 Å². The summed E-state index contributed by atoms with van der Waals surface area (Å²) in [5.74, 6) is -1.04. The predicted molar refractivity (Wildman–Crippen MR) is 52.8 cm³/mol. The lowest BCUT2D eigenvalue weighted by Gasteiger charge is -2.17. The molecule has 82 valence electrons. The summed E-state index contributed by atoms with van der Waals surface area (Å²) in [6, 6.07) is 0. The maximum Gasteiger partial charge on any atom is 0.311 e. The third-order valence-corrected chi connectivity index (χ3v) is 1.84. The molecule has 0 saturated carbocycles. The molecule has 0 heterocycles. The van der Waals surface area contributed by atoms with Crippen LogP contribution in [0.25, 0.3) is 0 Å². The largest absolute Gasteiger partial charge is 0.383 e. The fourth-order valence-corrected chi connectivity index (χ4v) is 0.997. The van der Waals surface area contributed by atoms with Gasteiger partial charge in [0.05, 0.1) is 6.61 Å². The highest BCUT2D eigenvalue weighted by molar-refractivity contribution is 6.34. The van der Waals surface area contributed by atoms with Crippen molar-refractivity contribution in [3.63, 3.8) is 0 Å². The molecular weight excluding hydrogens is 184 g/mol. The average Bonchev–Trinajstić information content (AvgIpc) is 2.19. The van der Waals surface area contributed by atoms with Crippen molar-refractivity contribution in [3.8, 4) is 0 Å². The van der Waals surface area contributed by atoms with E-state index in [2.05, 4.69) is 5.32 Å². The minimum absolute atomic E-state index is 0.363. The van der Waals surface area contributed by atoms with Gasteiger partial charge in [-0.1, -0.05) is 0 Å². The van der Waals surface area contributed by atoms with E-state index in [1.807, 2.05) is 13.8 Å². The number of hydrogen-bond acceptors (Lipinski definition) is 3. The Bertz CT molecular complexity index is 190. The third kappa shape index (κ3) is 4.23. The number of rotatable bonds is 5. The van der Waals surface area contributed by atoms with Crippen LogP contribution in [0.4, 0.5) is 0 Å². The number of amides is 2. The van der Waals surface area contributed by atoms with Gasteiger partial charge < -0.3 is 15.0 Å². The van der Waals surface area contributed by atoms with Gasteiger partial charge in [0.25, 0.3) is 0 Å². The van der Waals surface area contributed by atoms with Crippen molar-refractivity contribution >= 4 is 11.8 Å². The topological polar surface area (TPSA) is 58.6 Å². The van der Waals surface area contributed by atoms with E-state index in [4.69, 9.17) is 4.74 Å². The van der Waals surface area contributed by atoms with Crippen LogP contribution in [0.2, 0.25) is 0 Å². The molecule has 1 N–H and O–H groups in total. The molecular formula is C9H18N2O3. The van der Waals surface area contributed by atoms with E-state index in [-0.39, 0.29) is 0 Å². The van der Waals surface area contributed by atoms with Gasteiger partial charge in [0, 0.05) is 26.7 Å². The predicted octanol–water partition coefficient (Wildman–Crippen LogP) is -0.383. The van der Waals surface area contributed by atoms with E-state index in [1.165, 1.54) is 4.90 Å². The number of methoxy groups -OCH3 is 1. The Morgan fingerprint density at radius 2 is 1.86 bits per heavy atom. The van der Waals surface area contributed by atoms with E-state index >= 15 is 0 Å². The van der Waals surface area contributed by atoms with Gasteiger partial charge in [-0.05, 0) is 13.8 Å². The average molecular weight is 202 g/mol. The summed E-state index contributed by atoms with van der Waals surface area (Å²) in [7, 11) is 1.54. The zero-order valence-corrected chi connectivity index (χ0v) is 9.00. The summed E-state index contributed by atoms with van der Waals surface area (Å²) in [6.45, 7) is 5.55. The lowest BCUT2D eigenvalue weighted by molar-refractivity contribution is -0.145. The normalized spacial score (nSPS) is 9.64. The minimum atomic E-state index is -0.564. The molecule has 0 aromatic rings. The van der Waals surface area contributed by atoms with Crippen molar-refractivity contribution < 1.29 is 14.3 Å². The first-order valence-corrected chi connectivity index (χ1v) is 4.73. The smallest absolute Gasteiger partial charge is 0.311 e. The molecule has 0 bridgehead atoms. The van der Waals surface area contributed by atoms with Gasteiger partial charge >= 0.3 is 11.8 Å². The lowest BCUT2D eigenvalue weighted by Crippen LogP contribution is -2.43. The molecule has 0 aliphatic rings. The van der Waals surface area contributed by atoms with Gasteiger partial charge in [-0.25, -0.2) is 0 Å². The zero-order chi connectivity index (χ0) is 11.0. The van der Waals surface area contributed by atoms with Crippen molar-refractivity contribution in [2.24, 2.45) is 0 Å². The Morgan fingerprint density at radius 3 is 2.29 bits per heavy atom. The van der Waals surface area contributed by atoms with Crippen LogP contribution in [0.3, 0.4) is 0 Å². The van der Waals surface area contributed by atoms with E-state index in [9.17, 15) is 9.59 Å². The Morgan fingerprint density at radius 1 is 1.29 bits per heavy atom. The molecule has 5 nitrogen and oxygen atoms in total. The number of hydrogen-bond donors (Lipinski definition) is 1. The molecule has 0 aliphatic carbocycles. The first kappa shape index (κ1) is 12.9. The molecule has 0 aromatic heterocycles. The molecule has 0 radical (unpaired) electrons. The van der Waals surface area contributed by atoms with Crippen LogP contribution in [0.15, 0.2) is 0 Å². The molecule has 14 heavy (non-hydrogen) atoms. The quantitative estimate of drug-likeness (QED) is 0.488. The summed E-state index contributed by atoms with van der Waals surface area (Å²) in [4.78, 5) is 24.1. The second-order valence-corrected chi connectivity index (χ2v) is 2.73. The summed E-state index contributed by atoms with van der Waals surface area (Å²) in [6.07, 6.45) is 0. The number of ether oxygens (including phenoxy) is 1. The summed E-state index contributed by atoms with van der Waals surface area (Å²) < 4.78 is 4.75. The molecule has 0 atom stereocenters. The number of likely N-dealkylation sites (N-methyl/N-ethyl adjacent to an activating group) is 1. The van der Waals surface area contributed by atoms with Crippen LogP contribution in [-0.4, -0.2) is 50.1 Å². The Kier molecular flexibility index (Phi) is 6.74. The van der Waals surface area contributed by atoms with Crippen LogP contribution in [0.5, 0.6) is 0 Å². The molecule has 0 aromatic carbocycles. The summed E-state index contributed by atoms with van der Waals surface area (Å²) >= 11 is 0. The zero-order valence-electron chi connectivity index (χ0n) is 9.00. The van der Waals surface area contributed by atoms with Crippen LogP contribution >= 0.6 is 0 Å². The molecule has 5 heteroatoms. The van der Waals surface area contributed by atoms with E-state index in [1.54, 1.807) is 7.11 Å². The summed E-state index contributed by atoms with van der Waals surface area (Å²) in [5, 5.41) is 2.48. The lowest BCUT2D eigenvalue weighted by atomic mass is 10.4. The van der Waals surface area contributed by atoms with Gasteiger partial charge in [0.15, 0.2) is 0 Å². The van der Waals surface area contributed by atoms with Gasteiger partial charge in [0.2, 0.25) is 0 Å². The highest BCUT2D eigenvalue weighted by Gasteiger charge is 2.17. The molecule has 0 aliphatic heterocycles. The second kappa shape index (κ2) is 7.32. The van der Waals surface area contributed by atoms with Gasteiger partial charge in [0.1, 0.15) is 0 Å². The number of carbonyl (C=O) groups is 2. The van der Waals surface area contributed by atoms with Crippen molar-refractivity contribution in [2.75, 3.05) is 33.4 Å². The maximum absolute atomic E-state index is 11.4. The Hall–Kier alpha value is -1.10. The van der Waals surface area contributed by atoms with Gasteiger partial charge in [-0.15, -0.1) is 0 Å². The molecule has 0 rings (SSSR count). The first-order valence-electron chi connectivity index (χ1n) is 4.73. The first-order chi connectivity index (χ1) is 6.67. The van der Waals surface area contributed by atoms with E-state index < -0.39 is 11.8 Å². The highest BCUT2D eigenvalue weighted by atomic mass is 16.5. The molecule has 2 amide bonds. The number of nitrogens with zero attached hydrogens (tertiary/aromatic N) is 1. The van der Waals surface area contributed by atoms with Crippen molar-refractivity contribution in [1.29, 1.82) is 0 Å². The SMILES string of the molecule is CCN(CC)C(=O)C(=O)NCCOC. The Labute approximate surface area is 84.4 Å². The van der Waals surface area contributed by atoms with Crippen LogP contribution < -0.4 is 5.32 Å². The number of carbonyl (C=O) groups excluding carboxylic acids is 2. The number of nitrogens with one attached hydrogen (secondary N) is 1.